The van der Waals surface area contributed by atoms with Crippen LogP contribution in [-0.4, -0.2) is 47.4 Å². The number of imidazole rings is 1. The first kappa shape index (κ1) is 20.9. The molecule has 8 nitrogen and oxygen atoms in total. The number of rotatable bonds is 6. The summed E-state index contributed by atoms with van der Waals surface area (Å²) in [6, 6.07) is 4.98. The van der Waals surface area contributed by atoms with Gasteiger partial charge in [-0.3, -0.25) is 0 Å². The SMILES string of the molecule is COc1ccc(-c2c(C)nc3sc(C4CC4)nn23)cc1S(=O)(=O)NC1CCC(O)CC1. The zero-order valence-electron chi connectivity index (χ0n) is 17.5. The summed E-state index contributed by atoms with van der Waals surface area (Å²) < 4.78 is 36.5. The first-order valence-corrected chi connectivity index (χ1v) is 12.9. The summed E-state index contributed by atoms with van der Waals surface area (Å²) >= 11 is 1.60. The van der Waals surface area contributed by atoms with Crippen LogP contribution in [0.15, 0.2) is 23.1 Å². The third-order valence-electron chi connectivity index (χ3n) is 6.07. The lowest BCUT2D eigenvalue weighted by Gasteiger charge is -2.26. The lowest BCUT2D eigenvalue weighted by Crippen LogP contribution is -2.38. The Balaban J connectivity index is 1.53. The van der Waals surface area contributed by atoms with Gasteiger partial charge in [0.05, 0.1) is 24.6 Å². The molecule has 2 aliphatic carbocycles. The lowest BCUT2D eigenvalue weighted by molar-refractivity contribution is 0.120. The third-order valence-corrected chi connectivity index (χ3v) is 8.68. The van der Waals surface area contributed by atoms with Crippen LogP contribution in [0.1, 0.15) is 55.1 Å². The van der Waals surface area contributed by atoms with E-state index in [4.69, 9.17) is 9.84 Å². The number of aryl methyl sites for hydroxylation is 1. The number of methoxy groups -OCH3 is 1. The molecule has 2 aromatic heterocycles. The molecule has 0 bridgehead atoms. The van der Waals surface area contributed by atoms with E-state index in [0.717, 1.165) is 26.9 Å². The molecule has 5 rings (SSSR count). The highest BCUT2D eigenvalue weighted by Crippen LogP contribution is 2.43. The minimum absolute atomic E-state index is 0.102. The molecule has 3 aromatic rings. The molecule has 0 aliphatic heterocycles. The van der Waals surface area contributed by atoms with Gasteiger partial charge in [0.15, 0.2) is 0 Å². The van der Waals surface area contributed by atoms with Crippen molar-refractivity contribution in [3.05, 3.63) is 28.9 Å². The van der Waals surface area contributed by atoms with Gasteiger partial charge in [0.1, 0.15) is 15.7 Å². The molecule has 0 atom stereocenters. The molecule has 10 heteroatoms. The first-order valence-electron chi connectivity index (χ1n) is 10.6. The van der Waals surface area contributed by atoms with Crippen LogP contribution in [0.3, 0.4) is 0 Å². The number of nitrogens with one attached hydrogen (secondary N) is 1. The van der Waals surface area contributed by atoms with Crippen LogP contribution in [-0.2, 0) is 10.0 Å². The van der Waals surface area contributed by atoms with Gasteiger partial charge in [-0.25, -0.2) is 22.6 Å². The molecule has 0 saturated heterocycles. The molecule has 0 unspecified atom stereocenters. The summed E-state index contributed by atoms with van der Waals surface area (Å²) in [6.45, 7) is 1.91. The normalized spacial score (nSPS) is 22.2. The van der Waals surface area contributed by atoms with Crippen molar-refractivity contribution in [1.29, 1.82) is 0 Å². The number of sulfonamides is 1. The molecule has 1 aromatic carbocycles. The van der Waals surface area contributed by atoms with Gasteiger partial charge in [-0.05, 0) is 63.6 Å². The minimum atomic E-state index is -3.80. The Kier molecular flexibility index (Phi) is 5.28. The summed E-state index contributed by atoms with van der Waals surface area (Å²) in [5.41, 5.74) is 2.35. The number of aromatic nitrogens is 3. The molecular formula is C21H26N4O4S2. The van der Waals surface area contributed by atoms with Gasteiger partial charge in [0.25, 0.3) is 0 Å². The second-order valence-corrected chi connectivity index (χ2v) is 11.1. The summed E-state index contributed by atoms with van der Waals surface area (Å²) in [5, 5.41) is 15.6. The first-order chi connectivity index (χ1) is 14.9. The Labute approximate surface area is 185 Å². The molecule has 166 valence electrons. The molecule has 0 amide bonds. The van der Waals surface area contributed by atoms with Crippen LogP contribution in [0.4, 0.5) is 0 Å². The van der Waals surface area contributed by atoms with Gasteiger partial charge in [0.2, 0.25) is 15.0 Å². The molecule has 2 heterocycles. The van der Waals surface area contributed by atoms with Gasteiger partial charge >= 0.3 is 0 Å². The number of aliphatic hydroxyl groups is 1. The topological polar surface area (TPSA) is 106 Å². The standard InChI is InChI=1S/C21H26N4O4S2/c1-12-19(25-21(22-12)30-20(23-25)13-3-4-13)14-5-10-17(29-2)18(11-14)31(27,28)24-15-6-8-16(26)9-7-15/h5,10-11,13,15-16,24,26H,3-4,6-9H2,1-2H3. The van der Waals surface area contributed by atoms with Crippen molar-refractivity contribution in [2.24, 2.45) is 0 Å². The van der Waals surface area contributed by atoms with E-state index in [9.17, 15) is 13.5 Å². The van der Waals surface area contributed by atoms with Crippen LogP contribution in [0.5, 0.6) is 5.75 Å². The van der Waals surface area contributed by atoms with Crippen molar-refractivity contribution < 1.29 is 18.3 Å². The predicted octanol–water partition coefficient (Wildman–Crippen LogP) is 3.23. The Morgan fingerprint density at radius 3 is 2.61 bits per heavy atom. The van der Waals surface area contributed by atoms with Crippen LogP contribution in [0, 0.1) is 6.92 Å². The van der Waals surface area contributed by atoms with Gasteiger partial charge in [-0.2, -0.15) is 5.10 Å². The Hall–Kier alpha value is -2.01. The smallest absolute Gasteiger partial charge is 0.244 e. The van der Waals surface area contributed by atoms with Gasteiger partial charge in [0, 0.05) is 17.5 Å². The Bertz CT molecular complexity index is 1220. The second-order valence-electron chi connectivity index (χ2n) is 8.45. The van der Waals surface area contributed by atoms with E-state index in [1.165, 1.54) is 20.0 Å². The van der Waals surface area contributed by atoms with E-state index in [0.29, 0.717) is 37.4 Å². The fourth-order valence-corrected chi connectivity index (χ4v) is 6.81. The Morgan fingerprint density at radius 2 is 1.94 bits per heavy atom. The average Bonchev–Trinajstić information content (AvgIpc) is 3.44. The fraction of sp³-hybridized carbons (Fsp3) is 0.524. The van der Waals surface area contributed by atoms with Crippen LogP contribution < -0.4 is 9.46 Å². The molecule has 0 spiro atoms. The summed E-state index contributed by atoms with van der Waals surface area (Å²) in [7, 11) is -2.33. The summed E-state index contributed by atoms with van der Waals surface area (Å²) in [4.78, 5) is 5.58. The van der Waals surface area contributed by atoms with Gasteiger partial charge in [-0.15, -0.1) is 0 Å². The third kappa shape index (κ3) is 3.97. The highest BCUT2D eigenvalue weighted by atomic mass is 32.2. The average molecular weight is 463 g/mol. The van der Waals surface area contributed by atoms with Crippen molar-refractivity contribution in [2.75, 3.05) is 7.11 Å². The van der Waals surface area contributed by atoms with E-state index >= 15 is 0 Å². The minimum Gasteiger partial charge on any atom is -0.495 e. The van der Waals surface area contributed by atoms with Crippen LogP contribution >= 0.6 is 11.3 Å². The monoisotopic (exact) mass is 462 g/mol. The summed E-state index contributed by atoms with van der Waals surface area (Å²) in [6.07, 6.45) is 4.43. The largest absolute Gasteiger partial charge is 0.495 e. The number of benzene rings is 1. The van der Waals surface area contributed by atoms with Crippen LogP contribution in [0.25, 0.3) is 16.2 Å². The zero-order chi connectivity index (χ0) is 21.8. The molecular weight excluding hydrogens is 436 g/mol. The maximum absolute atomic E-state index is 13.2. The highest BCUT2D eigenvalue weighted by Gasteiger charge is 2.30. The number of fused-ring (bicyclic) bond motifs is 1. The van der Waals surface area contributed by atoms with E-state index in [1.807, 2.05) is 17.5 Å². The van der Waals surface area contributed by atoms with Crippen molar-refractivity contribution in [1.82, 2.24) is 19.3 Å². The zero-order valence-corrected chi connectivity index (χ0v) is 19.2. The van der Waals surface area contributed by atoms with E-state index in [1.54, 1.807) is 23.5 Å². The van der Waals surface area contributed by atoms with E-state index < -0.39 is 10.0 Å². The number of ether oxygens (including phenoxy) is 1. The number of aliphatic hydroxyl groups excluding tert-OH is 1. The maximum atomic E-state index is 13.2. The van der Waals surface area contributed by atoms with Gasteiger partial charge in [-0.1, -0.05) is 11.3 Å². The van der Waals surface area contributed by atoms with Crippen molar-refractivity contribution in [3.8, 4) is 17.0 Å². The van der Waals surface area contributed by atoms with Gasteiger partial charge < -0.3 is 9.84 Å². The fourth-order valence-electron chi connectivity index (χ4n) is 4.20. The molecule has 2 fully saturated rings. The van der Waals surface area contributed by atoms with E-state index in [-0.39, 0.29) is 17.0 Å². The predicted molar refractivity (Wildman–Crippen MR) is 118 cm³/mol. The quantitative estimate of drug-likeness (QED) is 0.583. The Morgan fingerprint density at radius 1 is 1.19 bits per heavy atom. The van der Waals surface area contributed by atoms with Crippen LogP contribution in [0.2, 0.25) is 0 Å². The number of hydrogen-bond donors (Lipinski definition) is 2. The number of hydrogen-bond acceptors (Lipinski definition) is 7. The molecule has 0 radical (unpaired) electrons. The molecule has 2 N–H and O–H groups in total. The lowest BCUT2D eigenvalue weighted by atomic mass is 9.94. The second kappa shape index (κ2) is 7.84. The van der Waals surface area contributed by atoms with E-state index in [2.05, 4.69) is 9.71 Å². The molecule has 31 heavy (non-hydrogen) atoms. The maximum Gasteiger partial charge on any atom is 0.244 e. The van der Waals surface area contributed by atoms with Crippen molar-refractivity contribution >= 4 is 26.3 Å². The molecule has 2 saturated carbocycles. The number of nitrogens with zero attached hydrogens (tertiary/aromatic N) is 3. The van der Waals surface area contributed by atoms with Crippen molar-refractivity contribution in [3.63, 3.8) is 0 Å². The van der Waals surface area contributed by atoms with Crippen molar-refractivity contribution in [2.45, 2.75) is 68.4 Å². The highest BCUT2D eigenvalue weighted by molar-refractivity contribution is 7.89. The summed E-state index contributed by atoms with van der Waals surface area (Å²) in [5.74, 6) is 0.826. The molecule has 2 aliphatic rings.